The van der Waals surface area contributed by atoms with Crippen molar-refractivity contribution in [1.82, 2.24) is 10.5 Å². The average Bonchev–Trinajstić information content (AvgIpc) is 2.76. The highest BCUT2D eigenvalue weighted by atomic mass is 79.9. The summed E-state index contributed by atoms with van der Waals surface area (Å²) in [7, 11) is 0. The molecular weight excluding hydrogens is 316 g/mol. The number of halogens is 1. The lowest BCUT2D eigenvalue weighted by Crippen LogP contribution is -2.24. The molecule has 0 radical (unpaired) electrons. The predicted molar refractivity (Wildman–Crippen MR) is 84.7 cm³/mol. The largest absolute Gasteiger partial charge is 0.361 e. The van der Waals surface area contributed by atoms with Crippen molar-refractivity contribution in [3.8, 4) is 0 Å². The van der Waals surface area contributed by atoms with E-state index in [0.717, 1.165) is 22.3 Å². The molecule has 0 aliphatic carbocycles. The first-order valence-electron chi connectivity index (χ1n) is 6.97. The number of rotatable bonds is 5. The summed E-state index contributed by atoms with van der Waals surface area (Å²) >= 11 is 3.48. The number of hydrogen-bond donors (Lipinski definition) is 1. The fourth-order valence-corrected chi connectivity index (χ4v) is 2.90. The van der Waals surface area contributed by atoms with Gasteiger partial charge >= 0.3 is 0 Å². The molecule has 20 heavy (non-hydrogen) atoms. The lowest BCUT2D eigenvalue weighted by molar-refractivity contribution is 0.388. The molecule has 0 saturated carbocycles. The molecule has 1 aromatic carbocycles. The van der Waals surface area contributed by atoms with Crippen LogP contribution in [0.15, 0.2) is 33.3 Å². The predicted octanol–water partition coefficient (Wildman–Crippen LogP) is 4.86. The monoisotopic (exact) mass is 336 g/mol. The van der Waals surface area contributed by atoms with E-state index >= 15 is 0 Å². The Bertz CT molecular complexity index is 543. The Labute approximate surface area is 128 Å². The highest BCUT2D eigenvalue weighted by molar-refractivity contribution is 9.10. The molecule has 2 aromatic rings. The van der Waals surface area contributed by atoms with Gasteiger partial charge in [0.1, 0.15) is 5.76 Å². The number of aryl methyl sites for hydroxylation is 2. The Morgan fingerprint density at radius 2 is 1.90 bits per heavy atom. The van der Waals surface area contributed by atoms with Gasteiger partial charge in [0.15, 0.2) is 0 Å². The zero-order valence-electron chi connectivity index (χ0n) is 12.4. The minimum Gasteiger partial charge on any atom is -0.361 e. The Balaban J connectivity index is 2.16. The molecular formula is C16H21BrN2O. The van der Waals surface area contributed by atoms with Crippen LogP contribution in [-0.2, 0) is 0 Å². The van der Waals surface area contributed by atoms with E-state index in [-0.39, 0.29) is 6.04 Å². The second-order valence-electron chi connectivity index (χ2n) is 5.14. The number of benzene rings is 1. The summed E-state index contributed by atoms with van der Waals surface area (Å²) in [6.07, 6.45) is 1.04. The van der Waals surface area contributed by atoms with Gasteiger partial charge in [0.25, 0.3) is 0 Å². The molecule has 108 valence electrons. The molecule has 3 nitrogen and oxygen atoms in total. The van der Waals surface area contributed by atoms with Crippen LogP contribution in [0.2, 0.25) is 0 Å². The van der Waals surface area contributed by atoms with Crippen molar-refractivity contribution >= 4 is 15.9 Å². The van der Waals surface area contributed by atoms with Gasteiger partial charge in [-0.25, -0.2) is 0 Å². The summed E-state index contributed by atoms with van der Waals surface area (Å²) < 4.78 is 6.36. The summed E-state index contributed by atoms with van der Waals surface area (Å²) in [6, 6.07) is 9.03. The molecule has 2 atom stereocenters. The Morgan fingerprint density at radius 1 is 1.25 bits per heavy atom. The fraction of sp³-hybridized carbons (Fsp3) is 0.438. The number of aromatic nitrogens is 1. The van der Waals surface area contributed by atoms with Crippen molar-refractivity contribution in [3.05, 3.63) is 51.3 Å². The molecule has 1 heterocycles. The molecule has 2 rings (SSSR count). The highest BCUT2D eigenvalue weighted by Crippen LogP contribution is 2.26. The van der Waals surface area contributed by atoms with E-state index < -0.39 is 0 Å². The van der Waals surface area contributed by atoms with Crippen LogP contribution in [0, 0.1) is 13.8 Å². The van der Waals surface area contributed by atoms with Gasteiger partial charge in [-0.15, -0.1) is 0 Å². The third-order valence-electron chi connectivity index (χ3n) is 3.65. The first kappa shape index (κ1) is 15.3. The van der Waals surface area contributed by atoms with Crippen molar-refractivity contribution in [2.45, 2.75) is 46.2 Å². The topological polar surface area (TPSA) is 38.1 Å². The Morgan fingerprint density at radius 3 is 2.40 bits per heavy atom. The quantitative estimate of drug-likeness (QED) is 0.847. The average molecular weight is 337 g/mol. The zero-order valence-corrected chi connectivity index (χ0v) is 14.0. The van der Waals surface area contributed by atoms with Crippen LogP contribution in [0.5, 0.6) is 0 Å². The van der Waals surface area contributed by atoms with Gasteiger partial charge in [0.05, 0.1) is 5.69 Å². The standard InChI is InChI=1S/C16H21BrN2O/c1-5-15(13-6-8-14(17)9-7-13)18-10(2)16-11(3)19-20-12(16)4/h6-10,15,18H,5H2,1-4H3. The third-order valence-corrected chi connectivity index (χ3v) is 4.18. The molecule has 2 unspecified atom stereocenters. The summed E-state index contributed by atoms with van der Waals surface area (Å²) in [6.45, 7) is 8.31. The van der Waals surface area contributed by atoms with Crippen LogP contribution in [-0.4, -0.2) is 5.16 Å². The molecule has 0 fully saturated rings. The van der Waals surface area contributed by atoms with E-state index in [2.05, 4.69) is 64.5 Å². The van der Waals surface area contributed by atoms with Crippen molar-refractivity contribution in [1.29, 1.82) is 0 Å². The molecule has 0 aliphatic heterocycles. The highest BCUT2D eigenvalue weighted by Gasteiger charge is 2.19. The maximum Gasteiger partial charge on any atom is 0.138 e. The molecule has 0 saturated heterocycles. The van der Waals surface area contributed by atoms with Crippen LogP contribution in [0.1, 0.15) is 54.9 Å². The number of nitrogens with zero attached hydrogens (tertiary/aromatic N) is 1. The van der Waals surface area contributed by atoms with Crippen LogP contribution in [0.3, 0.4) is 0 Å². The van der Waals surface area contributed by atoms with Crippen LogP contribution in [0.25, 0.3) is 0 Å². The smallest absolute Gasteiger partial charge is 0.138 e. The van der Waals surface area contributed by atoms with Gasteiger partial charge < -0.3 is 9.84 Å². The molecule has 1 N–H and O–H groups in total. The van der Waals surface area contributed by atoms with Gasteiger partial charge in [-0.1, -0.05) is 40.1 Å². The number of nitrogens with one attached hydrogen (secondary N) is 1. The SMILES string of the molecule is CCC(NC(C)c1c(C)noc1C)c1ccc(Br)cc1. The minimum absolute atomic E-state index is 0.217. The van der Waals surface area contributed by atoms with Crippen molar-refractivity contribution in [2.24, 2.45) is 0 Å². The van der Waals surface area contributed by atoms with E-state index in [1.807, 2.05) is 13.8 Å². The summed E-state index contributed by atoms with van der Waals surface area (Å²) in [4.78, 5) is 0. The lowest BCUT2D eigenvalue weighted by atomic mass is 10.0. The first-order valence-corrected chi connectivity index (χ1v) is 7.76. The van der Waals surface area contributed by atoms with E-state index in [0.29, 0.717) is 6.04 Å². The summed E-state index contributed by atoms with van der Waals surface area (Å²) in [5.41, 5.74) is 3.43. The van der Waals surface area contributed by atoms with Gasteiger partial charge in [-0.2, -0.15) is 0 Å². The summed E-state index contributed by atoms with van der Waals surface area (Å²) in [5, 5.41) is 7.70. The van der Waals surface area contributed by atoms with Gasteiger partial charge in [-0.3, -0.25) is 0 Å². The van der Waals surface area contributed by atoms with Crippen molar-refractivity contribution < 1.29 is 4.52 Å². The molecule has 0 amide bonds. The maximum atomic E-state index is 5.26. The van der Waals surface area contributed by atoms with E-state index in [4.69, 9.17) is 4.52 Å². The van der Waals surface area contributed by atoms with Gasteiger partial charge in [0, 0.05) is 22.1 Å². The second-order valence-corrected chi connectivity index (χ2v) is 6.05. The van der Waals surface area contributed by atoms with Crippen LogP contribution in [0.4, 0.5) is 0 Å². The molecule has 0 bridgehead atoms. The molecule has 1 aromatic heterocycles. The fourth-order valence-electron chi connectivity index (χ4n) is 2.64. The lowest BCUT2D eigenvalue weighted by Gasteiger charge is -2.23. The van der Waals surface area contributed by atoms with E-state index in [1.165, 1.54) is 11.1 Å². The molecule has 0 spiro atoms. The van der Waals surface area contributed by atoms with Crippen molar-refractivity contribution in [2.75, 3.05) is 0 Å². The number of hydrogen-bond acceptors (Lipinski definition) is 3. The zero-order chi connectivity index (χ0) is 14.7. The van der Waals surface area contributed by atoms with Crippen LogP contribution >= 0.6 is 15.9 Å². The third kappa shape index (κ3) is 3.30. The Hall–Kier alpha value is -1.13. The van der Waals surface area contributed by atoms with Gasteiger partial charge in [-0.05, 0) is 44.9 Å². The Kier molecular flexibility index (Phi) is 5.00. The van der Waals surface area contributed by atoms with E-state index in [9.17, 15) is 0 Å². The van der Waals surface area contributed by atoms with E-state index in [1.54, 1.807) is 0 Å². The maximum absolute atomic E-state index is 5.26. The first-order chi connectivity index (χ1) is 9.52. The summed E-state index contributed by atoms with van der Waals surface area (Å²) in [5.74, 6) is 0.896. The van der Waals surface area contributed by atoms with Gasteiger partial charge in [0.2, 0.25) is 0 Å². The minimum atomic E-state index is 0.217. The second kappa shape index (κ2) is 6.55. The van der Waals surface area contributed by atoms with Crippen LogP contribution < -0.4 is 5.32 Å². The van der Waals surface area contributed by atoms with Crippen molar-refractivity contribution in [3.63, 3.8) is 0 Å². The molecule has 4 heteroatoms. The molecule has 0 aliphatic rings. The normalized spacial score (nSPS) is 14.2.